The number of hydrogen-bond donors (Lipinski definition) is 0. The van der Waals surface area contributed by atoms with E-state index in [1.807, 2.05) is 0 Å². The molecule has 1 heterocycles. The molecule has 138 valence electrons. The molecule has 0 saturated carbocycles. The minimum atomic E-state index is -3.47. The summed E-state index contributed by atoms with van der Waals surface area (Å²) in [5.74, 6) is 0.0807. The molecule has 0 bridgehead atoms. The molecule has 0 aromatic heterocycles. The number of rotatable bonds is 5. The Morgan fingerprint density at radius 2 is 1.96 bits per heavy atom. The van der Waals surface area contributed by atoms with Gasteiger partial charge in [0.1, 0.15) is 5.75 Å². The second-order valence-electron chi connectivity index (χ2n) is 6.23. The van der Waals surface area contributed by atoms with Crippen LogP contribution in [0.15, 0.2) is 53.4 Å². The molecule has 0 unspecified atom stereocenters. The monoisotopic (exact) mass is 393 g/mol. The number of carbonyl (C=O) groups excluding carboxylic acids is 1. The van der Waals surface area contributed by atoms with Crippen LogP contribution in [0.5, 0.6) is 5.75 Å². The van der Waals surface area contributed by atoms with Crippen molar-refractivity contribution in [2.24, 2.45) is 0 Å². The van der Waals surface area contributed by atoms with Gasteiger partial charge in [-0.05, 0) is 43.2 Å². The summed E-state index contributed by atoms with van der Waals surface area (Å²) in [5, 5.41) is 0.432. The summed E-state index contributed by atoms with van der Waals surface area (Å²) < 4.78 is 30.6. The van der Waals surface area contributed by atoms with Gasteiger partial charge in [-0.2, -0.15) is 0 Å². The summed E-state index contributed by atoms with van der Waals surface area (Å²) in [6.45, 7) is 0.517. The van der Waals surface area contributed by atoms with Crippen LogP contribution in [0.4, 0.5) is 0 Å². The molecule has 7 heteroatoms. The van der Waals surface area contributed by atoms with Crippen molar-refractivity contribution in [3.05, 3.63) is 59.1 Å². The number of halogens is 1. The number of ether oxygens (including phenoxy) is 1. The van der Waals surface area contributed by atoms with Crippen molar-refractivity contribution in [3.8, 4) is 5.75 Å². The van der Waals surface area contributed by atoms with Gasteiger partial charge in [0, 0.05) is 17.6 Å². The molecule has 3 rings (SSSR count). The lowest BCUT2D eigenvalue weighted by atomic mass is 10.1. The number of benzene rings is 2. The average molecular weight is 394 g/mol. The van der Waals surface area contributed by atoms with E-state index in [1.165, 1.54) is 7.11 Å². The van der Waals surface area contributed by atoms with Crippen LogP contribution >= 0.6 is 11.6 Å². The highest BCUT2D eigenvalue weighted by Crippen LogP contribution is 2.29. The lowest BCUT2D eigenvalue weighted by Crippen LogP contribution is -2.39. The average Bonchev–Trinajstić information content (AvgIpc) is 3.09. The predicted octanol–water partition coefficient (Wildman–Crippen LogP) is 3.43. The molecule has 0 radical (unpaired) electrons. The van der Waals surface area contributed by atoms with E-state index >= 15 is 0 Å². The molecule has 0 N–H and O–H groups in total. The third kappa shape index (κ3) is 3.86. The Hall–Kier alpha value is -2.05. The second-order valence-corrected chi connectivity index (χ2v) is 8.70. The number of carbonyl (C=O) groups is 1. The van der Waals surface area contributed by atoms with E-state index in [0.717, 1.165) is 6.42 Å². The predicted molar refractivity (Wildman–Crippen MR) is 101 cm³/mol. The molecule has 26 heavy (non-hydrogen) atoms. The van der Waals surface area contributed by atoms with E-state index in [-0.39, 0.29) is 22.6 Å². The molecule has 1 aliphatic rings. The van der Waals surface area contributed by atoms with Gasteiger partial charge in [0.15, 0.2) is 9.84 Å². The van der Waals surface area contributed by atoms with E-state index in [0.29, 0.717) is 29.3 Å². The van der Waals surface area contributed by atoms with Gasteiger partial charge in [0.05, 0.1) is 23.3 Å². The number of hydrogen-bond acceptors (Lipinski definition) is 4. The summed E-state index contributed by atoms with van der Waals surface area (Å²) in [5.41, 5.74) is 0.351. The summed E-state index contributed by atoms with van der Waals surface area (Å²) in [6, 6.07) is 12.8. The molecule has 1 fully saturated rings. The van der Waals surface area contributed by atoms with Gasteiger partial charge in [0.25, 0.3) is 5.91 Å². The van der Waals surface area contributed by atoms with Crippen molar-refractivity contribution in [2.45, 2.75) is 23.8 Å². The van der Waals surface area contributed by atoms with Crippen LogP contribution in [0.3, 0.4) is 0 Å². The Kier molecular flexibility index (Phi) is 5.53. The summed E-state index contributed by atoms with van der Waals surface area (Å²) in [7, 11) is -1.98. The molecule has 2 aromatic carbocycles. The van der Waals surface area contributed by atoms with Crippen molar-refractivity contribution in [3.63, 3.8) is 0 Å². The van der Waals surface area contributed by atoms with Gasteiger partial charge in [-0.3, -0.25) is 4.79 Å². The Labute approximate surface area is 158 Å². The zero-order valence-electron chi connectivity index (χ0n) is 14.4. The van der Waals surface area contributed by atoms with Crippen LogP contribution in [0.2, 0.25) is 5.02 Å². The summed E-state index contributed by atoms with van der Waals surface area (Å²) in [6.07, 6.45) is 1.42. The van der Waals surface area contributed by atoms with Crippen LogP contribution in [-0.4, -0.2) is 44.7 Å². The van der Waals surface area contributed by atoms with Crippen LogP contribution in [-0.2, 0) is 9.84 Å². The lowest BCUT2D eigenvalue weighted by Gasteiger charge is -2.25. The Morgan fingerprint density at radius 3 is 2.65 bits per heavy atom. The van der Waals surface area contributed by atoms with Crippen LogP contribution in [0.25, 0.3) is 0 Å². The Balaban J connectivity index is 1.85. The van der Waals surface area contributed by atoms with Gasteiger partial charge >= 0.3 is 0 Å². The lowest BCUT2D eigenvalue weighted by molar-refractivity contribution is 0.0746. The second kappa shape index (κ2) is 7.68. The summed E-state index contributed by atoms with van der Waals surface area (Å²) in [4.78, 5) is 14.9. The smallest absolute Gasteiger partial charge is 0.257 e. The standard InChI is InChI=1S/C19H20ClNO4S/c1-25-18-10-9-14(20)12-17(18)19(22)21-11-5-6-15(21)13-26(23,24)16-7-3-2-4-8-16/h2-4,7-10,12,15H,5-6,11,13H2,1H3/t15-/m0/s1. The van der Waals surface area contributed by atoms with Crippen molar-refractivity contribution < 1.29 is 17.9 Å². The maximum Gasteiger partial charge on any atom is 0.257 e. The van der Waals surface area contributed by atoms with Crippen molar-refractivity contribution in [2.75, 3.05) is 19.4 Å². The van der Waals surface area contributed by atoms with Crippen molar-refractivity contribution in [1.29, 1.82) is 0 Å². The molecule has 5 nitrogen and oxygen atoms in total. The zero-order valence-corrected chi connectivity index (χ0v) is 16.0. The van der Waals surface area contributed by atoms with Crippen LogP contribution in [0, 0.1) is 0 Å². The molecule has 1 aliphatic heterocycles. The largest absolute Gasteiger partial charge is 0.496 e. The van der Waals surface area contributed by atoms with E-state index in [9.17, 15) is 13.2 Å². The molecule has 1 amide bonds. The van der Waals surface area contributed by atoms with Gasteiger partial charge < -0.3 is 9.64 Å². The van der Waals surface area contributed by atoms with E-state index < -0.39 is 9.84 Å². The zero-order chi connectivity index (χ0) is 18.7. The fourth-order valence-corrected chi connectivity index (χ4v) is 5.05. The van der Waals surface area contributed by atoms with E-state index in [2.05, 4.69) is 0 Å². The topological polar surface area (TPSA) is 63.7 Å². The van der Waals surface area contributed by atoms with Crippen LogP contribution in [0.1, 0.15) is 23.2 Å². The Bertz CT molecular complexity index is 899. The third-order valence-corrected chi connectivity index (χ3v) is 6.59. The Morgan fingerprint density at radius 1 is 1.23 bits per heavy atom. The first kappa shape index (κ1) is 18.7. The van der Waals surface area contributed by atoms with Gasteiger partial charge in [-0.15, -0.1) is 0 Å². The van der Waals surface area contributed by atoms with Gasteiger partial charge in [-0.25, -0.2) is 8.42 Å². The molecular weight excluding hydrogens is 374 g/mol. The van der Waals surface area contributed by atoms with Crippen LogP contribution < -0.4 is 4.74 Å². The fraction of sp³-hybridized carbons (Fsp3) is 0.316. The molecule has 2 aromatic rings. The van der Waals surface area contributed by atoms with Crippen molar-refractivity contribution in [1.82, 2.24) is 4.90 Å². The minimum Gasteiger partial charge on any atom is -0.496 e. The highest BCUT2D eigenvalue weighted by Gasteiger charge is 2.34. The highest BCUT2D eigenvalue weighted by molar-refractivity contribution is 7.91. The first-order valence-corrected chi connectivity index (χ1v) is 10.4. The van der Waals surface area contributed by atoms with Gasteiger partial charge in [-0.1, -0.05) is 29.8 Å². The number of likely N-dealkylation sites (tertiary alicyclic amines) is 1. The number of sulfone groups is 1. The normalized spacial score (nSPS) is 17.3. The maximum atomic E-state index is 13.0. The third-order valence-electron chi connectivity index (χ3n) is 4.54. The number of nitrogens with zero attached hydrogens (tertiary/aromatic N) is 1. The molecule has 0 aliphatic carbocycles. The fourth-order valence-electron chi connectivity index (χ4n) is 3.26. The quantitative estimate of drug-likeness (QED) is 0.780. The molecule has 1 atom stereocenters. The SMILES string of the molecule is COc1ccc(Cl)cc1C(=O)N1CCC[C@H]1CS(=O)(=O)c1ccccc1. The minimum absolute atomic E-state index is 0.0916. The summed E-state index contributed by atoms with van der Waals surface area (Å²) >= 11 is 6.03. The first-order valence-electron chi connectivity index (χ1n) is 8.34. The first-order chi connectivity index (χ1) is 12.4. The highest BCUT2D eigenvalue weighted by atomic mass is 35.5. The molecule has 0 spiro atoms. The number of methoxy groups -OCH3 is 1. The maximum absolute atomic E-state index is 13.0. The van der Waals surface area contributed by atoms with E-state index in [4.69, 9.17) is 16.3 Å². The van der Waals surface area contributed by atoms with Crippen molar-refractivity contribution >= 4 is 27.3 Å². The molecular formula is C19H20ClNO4S. The molecule has 1 saturated heterocycles. The van der Waals surface area contributed by atoms with E-state index in [1.54, 1.807) is 53.4 Å². The van der Waals surface area contributed by atoms with Gasteiger partial charge in [0.2, 0.25) is 0 Å². The number of amides is 1.